The fourth-order valence-corrected chi connectivity index (χ4v) is 3.55. The van der Waals surface area contributed by atoms with E-state index in [1.807, 2.05) is 25.3 Å². The molecule has 2 heterocycles. The number of benzene rings is 1. The number of ether oxygens (including phenoxy) is 1. The molecule has 0 radical (unpaired) electrons. The highest BCUT2D eigenvalue weighted by Crippen LogP contribution is 2.17. The smallest absolute Gasteiger partial charge is 0.409 e. The average Bonchev–Trinajstić information content (AvgIpc) is 3.27. The summed E-state index contributed by atoms with van der Waals surface area (Å²) in [4.78, 5) is 41.1. The summed E-state index contributed by atoms with van der Waals surface area (Å²) in [6.45, 7) is 6.14. The second-order valence-electron chi connectivity index (χ2n) is 7.26. The van der Waals surface area contributed by atoms with Crippen molar-refractivity contribution in [1.82, 2.24) is 9.80 Å². The van der Waals surface area contributed by atoms with E-state index in [4.69, 9.17) is 4.74 Å². The summed E-state index contributed by atoms with van der Waals surface area (Å²) in [6, 6.07) is 10.5. The van der Waals surface area contributed by atoms with E-state index in [1.165, 1.54) is 11.3 Å². The van der Waals surface area contributed by atoms with Crippen LogP contribution >= 0.6 is 11.3 Å². The molecule has 0 atom stereocenters. The number of rotatable bonds is 5. The molecule has 1 N–H and O–H groups in total. The molecule has 3 rings (SSSR count). The Morgan fingerprint density at radius 2 is 1.79 bits per heavy atom. The molecule has 1 aromatic heterocycles. The van der Waals surface area contributed by atoms with Crippen LogP contribution in [0.3, 0.4) is 0 Å². The van der Waals surface area contributed by atoms with Crippen LogP contribution in [0.25, 0.3) is 0 Å². The average molecular weight is 416 g/mol. The summed E-state index contributed by atoms with van der Waals surface area (Å²) < 4.78 is 5.25. The van der Waals surface area contributed by atoms with Crippen LogP contribution in [0.1, 0.15) is 33.9 Å². The first-order chi connectivity index (χ1) is 13.9. The fraction of sp³-hybridized carbons (Fsp3) is 0.381. The zero-order valence-electron chi connectivity index (χ0n) is 16.6. The van der Waals surface area contributed by atoms with Crippen molar-refractivity contribution in [1.29, 1.82) is 0 Å². The van der Waals surface area contributed by atoms with Gasteiger partial charge in [-0.25, -0.2) is 4.79 Å². The molecule has 29 heavy (non-hydrogen) atoms. The van der Waals surface area contributed by atoms with Gasteiger partial charge in [-0.15, -0.1) is 11.3 Å². The normalized spacial score (nSPS) is 14.0. The third-order valence-corrected chi connectivity index (χ3v) is 5.35. The van der Waals surface area contributed by atoms with Crippen molar-refractivity contribution in [2.75, 3.05) is 38.1 Å². The molecule has 0 bridgehead atoms. The van der Waals surface area contributed by atoms with E-state index in [2.05, 4.69) is 5.32 Å². The minimum Gasteiger partial charge on any atom is -0.449 e. The van der Waals surface area contributed by atoms with E-state index >= 15 is 0 Å². The van der Waals surface area contributed by atoms with Gasteiger partial charge in [0.25, 0.3) is 11.8 Å². The number of hydrogen-bond donors (Lipinski definition) is 1. The molecule has 7 nitrogen and oxygen atoms in total. The molecule has 0 unspecified atom stereocenters. The van der Waals surface area contributed by atoms with Crippen LogP contribution in [-0.2, 0) is 4.74 Å². The molecule has 8 heteroatoms. The number of nitrogens with zero attached hydrogens (tertiary/aromatic N) is 2. The molecule has 1 fully saturated rings. The van der Waals surface area contributed by atoms with Crippen LogP contribution < -0.4 is 5.32 Å². The summed E-state index contributed by atoms with van der Waals surface area (Å²) in [6.07, 6.45) is -0.330. The highest BCUT2D eigenvalue weighted by molar-refractivity contribution is 7.12. The van der Waals surface area contributed by atoms with E-state index in [1.54, 1.807) is 40.1 Å². The standard InChI is InChI=1S/C21H25N3O4S/c1-15(2)14-28-21(27)24-10-8-23(9-11-24)20(26)16-5-3-6-17(13-16)22-19(25)18-7-4-12-29-18/h3-7,12-13,15H,8-11,14H2,1-2H3,(H,22,25). The Hall–Kier alpha value is -2.87. The van der Waals surface area contributed by atoms with Crippen LogP contribution in [-0.4, -0.2) is 60.5 Å². The van der Waals surface area contributed by atoms with Gasteiger partial charge in [-0.1, -0.05) is 26.0 Å². The van der Waals surface area contributed by atoms with Gasteiger partial charge in [-0.05, 0) is 35.6 Å². The topological polar surface area (TPSA) is 79.0 Å². The van der Waals surface area contributed by atoms with Gasteiger partial charge in [0.05, 0.1) is 11.5 Å². The molecule has 154 valence electrons. The van der Waals surface area contributed by atoms with Gasteiger partial charge >= 0.3 is 6.09 Å². The van der Waals surface area contributed by atoms with Gasteiger partial charge in [0.15, 0.2) is 0 Å². The summed E-state index contributed by atoms with van der Waals surface area (Å²) >= 11 is 1.36. The van der Waals surface area contributed by atoms with E-state index in [-0.39, 0.29) is 23.8 Å². The number of thiophene rings is 1. The van der Waals surface area contributed by atoms with Gasteiger partial charge in [0, 0.05) is 37.4 Å². The maximum Gasteiger partial charge on any atom is 0.409 e. The van der Waals surface area contributed by atoms with Gasteiger partial charge in [-0.2, -0.15) is 0 Å². The lowest BCUT2D eigenvalue weighted by Crippen LogP contribution is -2.50. The highest BCUT2D eigenvalue weighted by Gasteiger charge is 2.26. The number of anilines is 1. The summed E-state index contributed by atoms with van der Waals surface area (Å²) in [5.41, 5.74) is 1.08. The Bertz CT molecular complexity index is 859. The first-order valence-electron chi connectivity index (χ1n) is 9.60. The molecule has 1 aliphatic rings. The van der Waals surface area contributed by atoms with Crippen LogP contribution in [0.4, 0.5) is 10.5 Å². The Morgan fingerprint density at radius 3 is 2.45 bits per heavy atom. The monoisotopic (exact) mass is 415 g/mol. The molecule has 1 saturated heterocycles. The largest absolute Gasteiger partial charge is 0.449 e. The minimum absolute atomic E-state index is 0.118. The van der Waals surface area contributed by atoms with E-state index < -0.39 is 0 Å². The van der Waals surface area contributed by atoms with Crippen LogP contribution in [0.5, 0.6) is 0 Å². The lowest BCUT2D eigenvalue weighted by Gasteiger charge is -2.34. The van der Waals surface area contributed by atoms with Gasteiger partial charge in [0.1, 0.15) is 0 Å². The molecule has 0 saturated carbocycles. The lowest BCUT2D eigenvalue weighted by atomic mass is 10.1. The molecule has 2 aromatic rings. The zero-order chi connectivity index (χ0) is 20.8. The molecule has 0 aliphatic carbocycles. The van der Waals surface area contributed by atoms with Crippen molar-refractivity contribution in [3.63, 3.8) is 0 Å². The highest BCUT2D eigenvalue weighted by atomic mass is 32.1. The Balaban J connectivity index is 1.56. The number of piperazine rings is 1. The van der Waals surface area contributed by atoms with Crippen molar-refractivity contribution in [3.8, 4) is 0 Å². The summed E-state index contributed by atoms with van der Waals surface area (Å²) in [5.74, 6) is -0.0278. The number of carbonyl (C=O) groups excluding carboxylic acids is 3. The first kappa shape index (κ1) is 20.9. The number of nitrogens with one attached hydrogen (secondary N) is 1. The molecule has 1 aromatic carbocycles. The lowest BCUT2D eigenvalue weighted by molar-refractivity contribution is 0.0535. The number of hydrogen-bond acceptors (Lipinski definition) is 5. The third-order valence-electron chi connectivity index (χ3n) is 4.48. The maximum absolute atomic E-state index is 12.8. The molecular formula is C21H25N3O4S. The van der Waals surface area contributed by atoms with Gasteiger partial charge in [0.2, 0.25) is 0 Å². The van der Waals surface area contributed by atoms with Crippen LogP contribution in [0.2, 0.25) is 0 Å². The van der Waals surface area contributed by atoms with E-state index in [0.29, 0.717) is 48.9 Å². The van der Waals surface area contributed by atoms with Crippen molar-refractivity contribution < 1.29 is 19.1 Å². The van der Waals surface area contributed by atoms with Crippen molar-refractivity contribution in [3.05, 3.63) is 52.2 Å². The maximum atomic E-state index is 12.8. The quantitative estimate of drug-likeness (QED) is 0.810. The van der Waals surface area contributed by atoms with Crippen LogP contribution in [0, 0.1) is 5.92 Å². The second-order valence-corrected chi connectivity index (χ2v) is 8.21. The summed E-state index contributed by atoms with van der Waals surface area (Å²) in [7, 11) is 0. The van der Waals surface area contributed by atoms with E-state index in [9.17, 15) is 14.4 Å². The number of amides is 3. The van der Waals surface area contributed by atoms with Crippen LogP contribution in [0.15, 0.2) is 41.8 Å². The SMILES string of the molecule is CC(C)COC(=O)N1CCN(C(=O)c2cccc(NC(=O)c3cccs3)c2)CC1. The van der Waals surface area contributed by atoms with Crippen molar-refractivity contribution in [2.45, 2.75) is 13.8 Å². The second kappa shape index (κ2) is 9.56. The first-order valence-corrected chi connectivity index (χ1v) is 10.5. The molecule has 0 spiro atoms. The van der Waals surface area contributed by atoms with Gasteiger partial charge in [-0.3, -0.25) is 9.59 Å². The van der Waals surface area contributed by atoms with E-state index in [0.717, 1.165) is 0 Å². The minimum atomic E-state index is -0.330. The number of carbonyl (C=O) groups is 3. The summed E-state index contributed by atoms with van der Waals surface area (Å²) in [5, 5.41) is 4.66. The predicted octanol–water partition coefficient (Wildman–Crippen LogP) is 3.55. The Labute approximate surface area is 174 Å². The van der Waals surface area contributed by atoms with Crippen molar-refractivity contribution >= 4 is 34.9 Å². The Morgan fingerprint density at radius 1 is 1.07 bits per heavy atom. The third kappa shape index (κ3) is 5.57. The zero-order valence-corrected chi connectivity index (χ0v) is 17.4. The molecular weight excluding hydrogens is 390 g/mol. The molecule has 1 aliphatic heterocycles. The van der Waals surface area contributed by atoms with Gasteiger partial charge < -0.3 is 19.9 Å². The van der Waals surface area contributed by atoms with Crippen molar-refractivity contribution in [2.24, 2.45) is 5.92 Å². The molecule has 3 amide bonds. The predicted molar refractivity (Wildman–Crippen MR) is 112 cm³/mol. The Kier molecular flexibility index (Phi) is 6.87. The fourth-order valence-electron chi connectivity index (χ4n) is 2.93.